The quantitative estimate of drug-likeness (QED) is 0.812. The summed E-state index contributed by atoms with van der Waals surface area (Å²) in [5.41, 5.74) is -0.758. The summed E-state index contributed by atoms with van der Waals surface area (Å²) in [6, 6.07) is 9.63. The predicted octanol–water partition coefficient (Wildman–Crippen LogP) is 2.66. The van der Waals surface area contributed by atoms with E-state index in [0.29, 0.717) is 12.2 Å². The lowest BCUT2D eigenvalue weighted by molar-refractivity contribution is 0.0509. The van der Waals surface area contributed by atoms with Gasteiger partial charge in [-0.1, -0.05) is 35.5 Å². The summed E-state index contributed by atoms with van der Waals surface area (Å²) in [4.78, 5) is 4.20. The number of hydrogen-bond acceptors (Lipinski definition) is 5. The van der Waals surface area contributed by atoms with Crippen molar-refractivity contribution in [2.24, 2.45) is 0 Å². The molecule has 0 atom stereocenters. The van der Waals surface area contributed by atoms with E-state index in [2.05, 4.69) is 10.1 Å². The normalized spacial score (nSPS) is 18.6. The standard InChI is InChI=1S/C17H22FN3O3S/c1-13(2)25(22,23)21-10-8-17(18,9-11-21)16-19-15(20-24-16)12-14-6-4-3-5-7-14/h3-7,13H,8-12H2,1-2H3. The molecule has 1 aromatic carbocycles. The van der Waals surface area contributed by atoms with Crippen LogP contribution in [-0.2, 0) is 22.1 Å². The van der Waals surface area contributed by atoms with Gasteiger partial charge in [-0.15, -0.1) is 0 Å². The van der Waals surface area contributed by atoms with Crippen LogP contribution in [0.3, 0.4) is 0 Å². The first kappa shape index (κ1) is 18.0. The molecule has 0 amide bonds. The third-order valence-electron chi connectivity index (χ3n) is 4.53. The molecule has 0 spiro atoms. The SMILES string of the molecule is CC(C)S(=O)(=O)N1CCC(F)(c2nc(Cc3ccccc3)no2)CC1. The Morgan fingerprint density at radius 3 is 2.48 bits per heavy atom. The van der Waals surface area contributed by atoms with Crippen molar-refractivity contribution in [1.29, 1.82) is 0 Å². The van der Waals surface area contributed by atoms with Crippen molar-refractivity contribution in [2.45, 2.75) is 44.0 Å². The highest BCUT2D eigenvalue weighted by atomic mass is 32.2. The van der Waals surface area contributed by atoms with Gasteiger partial charge in [0.05, 0.1) is 5.25 Å². The zero-order valence-corrected chi connectivity index (χ0v) is 15.2. The first-order valence-electron chi connectivity index (χ1n) is 8.36. The highest BCUT2D eigenvalue weighted by Crippen LogP contribution is 2.37. The molecule has 1 fully saturated rings. The Kier molecular flexibility index (Phi) is 4.92. The van der Waals surface area contributed by atoms with E-state index in [4.69, 9.17) is 4.52 Å². The molecular weight excluding hydrogens is 345 g/mol. The van der Waals surface area contributed by atoms with E-state index >= 15 is 4.39 Å². The summed E-state index contributed by atoms with van der Waals surface area (Å²) in [5, 5.41) is 3.36. The third-order valence-corrected chi connectivity index (χ3v) is 6.80. The van der Waals surface area contributed by atoms with Crippen LogP contribution < -0.4 is 0 Å². The lowest BCUT2D eigenvalue weighted by Gasteiger charge is -2.34. The fourth-order valence-electron chi connectivity index (χ4n) is 2.89. The second-order valence-corrected chi connectivity index (χ2v) is 9.13. The Labute approximate surface area is 147 Å². The molecule has 25 heavy (non-hydrogen) atoms. The molecule has 2 aromatic rings. The minimum atomic E-state index is -3.37. The average molecular weight is 367 g/mol. The molecule has 136 valence electrons. The molecule has 1 aliphatic rings. The molecule has 2 heterocycles. The molecule has 0 unspecified atom stereocenters. The molecule has 8 heteroatoms. The highest BCUT2D eigenvalue weighted by Gasteiger charge is 2.44. The third kappa shape index (κ3) is 3.74. The van der Waals surface area contributed by atoms with Gasteiger partial charge in [0.15, 0.2) is 11.5 Å². The van der Waals surface area contributed by atoms with Crippen molar-refractivity contribution < 1.29 is 17.3 Å². The predicted molar refractivity (Wildman–Crippen MR) is 91.2 cm³/mol. The summed E-state index contributed by atoms with van der Waals surface area (Å²) in [5.74, 6) is 0.371. The molecule has 0 saturated carbocycles. The summed E-state index contributed by atoms with van der Waals surface area (Å²) >= 11 is 0. The van der Waals surface area contributed by atoms with Crippen molar-refractivity contribution in [3.8, 4) is 0 Å². The minimum absolute atomic E-state index is 0.0198. The van der Waals surface area contributed by atoms with Crippen molar-refractivity contribution in [1.82, 2.24) is 14.4 Å². The van der Waals surface area contributed by atoms with Crippen LogP contribution in [0.1, 0.15) is 44.0 Å². The fourth-order valence-corrected chi connectivity index (χ4v) is 4.18. The number of piperidine rings is 1. The van der Waals surface area contributed by atoms with Crippen molar-refractivity contribution in [3.05, 3.63) is 47.6 Å². The van der Waals surface area contributed by atoms with E-state index in [1.54, 1.807) is 13.8 Å². The molecule has 0 radical (unpaired) electrons. The zero-order valence-electron chi connectivity index (χ0n) is 14.4. The Morgan fingerprint density at radius 2 is 1.88 bits per heavy atom. The van der Waals surface area contributed by atoms with Crippen LogP contribution in [0.5, 0.6) is 0 Å². The zero-order chi connectivity index (χ0) is 18.1. The first-order valence-corrected chi connectivity index (χ1v) is 9.86. The van der Waals surface area contributed by atoms with Crippen LogP contribution in [0.15, 0.2) is 34.9 Å². The number of nitrogens with zero attached hydrogens (tertiary/aromatic N) is 3. The van der Waals surface area contributed by atoms with Gasteiger partial charge in [-0.25, -0.2) is 17.1 Å². The van der Waals surface area contributed by atoms with Crippen molar-refractivity contribution >= 4 is 10.0 Å². The van der Waals surface area contributed by atoms with E-state index < -0.39 is 20.9 Å². The van der Waals surface area contributed by atoms with Crippen LogP contribution in [-0.4, -0.2) is 41.2 Å². The van der Waals surface area contributed by atoms with Crippen LogP contribution in [0.25, 0.3) is 0 Å². The van der Waals surface area contributed by atoms with E-state index in [1.165, 1.54) is 4.31 Å². The highest BCUT2D eigenvalue weighted by molar-refractivity contribution is 7.89. The minimum Gasteiger partial charge on any atom is -0.336 e. The summed E-state index contributed by atoms with van der Waals surface area (Å²) in [6.07, 6.45) is 0.506. The molecule has 0 bridgehead atoms. The van der Waals surface area contributed by atoms with Gasteiger partial charge in [-0.05, 0) is 19.4 Å². The number of halogens is 1. The van der Waals surface area contributed by atoms with Crippen LogP contribution in [0, 0.1) is 0 Å². The van der Waals surface area contributed by atoms with Crippen molar-refractivity contribution in [2.75, 3.05) is 13.1 Å². The molecule has 0 aliphatic carbocycles. The largest absolute Gasteiger partial charge is 0.336 e. The van der Waals surface area contributed by atoms with E-state index in [9.17, 15) is 8.42 Å². The average Bonchev–Trinajstić information content (AvgIpc) is 3.05. The number of hydrogen-bond donors (Lipinski definition) is 0. The van der Waals surface area contributed by atoms with Gasteiger partial charge in [0.25, 0.3) is 5.89 Å². The molecule has 6 nitrogen and oxygen atoms in total. The van der Waals surface area contributed by atoms with Gasteiger partial charge < -0.3 is 4.52 Å². The maximum Gasteiger partial charge on any atom is 0.264 e. The van der Waals surface area contributed by atoms with Gasteiger partial charge >= 0.3 is 0 Å². The number of sulfonamides is 1. The molecule has 1 aliphatic heterocycles. The topological polar surface area (TPSA) is 76.3 Å². The summed E-state index contributed by atoms with van der Waals surface area (Å²) in [7, 11) is -3.37. The maximum absolute atomic E-state index is 15.2. The van der Waals surface area contributed by atoms with E-state index in [1.807, 2.05) is 30.3 Å². The second kappa shape index (κ2) is 6.84. The van der Waals surface area contributed by atoms with Gasteiger partial charge in [-0.2, -0.15) is 4.98 Å². The van der Waals surface area contributed by atoms with Gasteiger partial charge in [0.2, 0.25) is 10.0 Å². The monoisotopic (exact) mass is 367 g/mol. The Bertz CT molecular complexity index is 813. The number of rotatable bonds is 5. The van der Waals surface area contributed by atoms with Gasteiger partial charge in [-0.3, -0.25) is 0 Å². The number of aromatic nitrogens is 2. The lowest BCUT2D eigenvalue weighted by Crippen LogP contribution is -2.45. The Morgan fingerprint density at radius 1 is 1.24 bits per heavy atom. The molecule has 1 saturated heterocycles. The number of alkyl halides is 1. The fraction of sp³-hybridized carbons (Fsp3) is 0.529. The lowest BCUT2D eigenvalue weighted by atomic mass is 9.94. The van der Waals surface area contributed by atoms with Crippen LogP contribution in [0.4, 0.5) is 4.39 Å². The Balaban J connectivity index is 1.69. The second-order valence-electron chi connectivity index (χ2n) is 6.64. The molecular formula is C17H22FN3O3S. The van der Waals surface area contributed by atoms with Crippen molar-refractivity contribution in [3.63, 3.8) is 0 Å². The van der Waals surface area contributed by atoms with Crippen LogP contribution >= 0.6 is 0 Å². The molecule has 1 aromatic heterocycles. The Hall–Kier alpha value is -1.80. The summed E-state index contributed by atoms with van der Waals surface area (Å²) in [6.45, 7) is 3.49. The summed E-state index contributed by atoms with van der Waals surface area (Å²) < 4.78 is 46.1. The molecule has 3 rings (SSSR count). The van der Waals surface area contributed by atoms with Crippen LogP contribution in [0.2, 0.25) is 0 Å². The maximum atomic E-state index is 15.2. The van der Waals surface area contributed by atoms with Gasteiger partial charge in [0, 0.05) is 32.4 Å². The smallest absolute Gasteiger partial charge is 0.264 e. The van der Waals surface area contributed by atoms with E-state index in [-0.39, 0.29) is 31.8 Å². The van der Waals surface area contributed by atoms with Gasteiger partial charge in [0.1, 0.15) is 0 Å². The number of benzene rings is 1. The first-order chi connectivity index (χ1) is 11.8. The van der Waals surface area contributed by atoms with E-state index in [0.717, 1.165) is 5.56 Å². The molecule has 0 N–H and O–H groups in total.